The van der Waals surface area contributed by atoms with Crippen LogP contribution in [0.3, 0.4) is 0 Å². The Morgan fingerprint density at radius 3 is 2.48 bits per heavy atom. The van der Waals surface area contributed by atoms with E-state index >= 15 is 0 Å². The molecule has 42 heavy (non-hydrogen) atoms. The van der Waals surface area contributed by atoms with Crippen LogP contribution in [0.5, 0.6) is 0 Å². The van der Waals surface area contributed by atoms with E-state index in [2.05, 4.69) is 10.0 Å². The molecule has 3 aliphatic heterocycles. The molecule has 1 amide bonds. The van der Waals surface area contributed by atoms with Gasteiger partial charge in [0.05, 0.1) is 17.7 Å². The van der Waals surface area contributed by atoms with Crippen LogP contribution in [0.25, 0.3) is 0 Å². The summed E-state index contributed by atoms with van der Waals surface area (Å²) in [4.78, 5) is 29.8. The molecule has 1 aliphatic carbocycles. The molecular formula is C32H34F3N4O3+. The van der Waals surface area contributed by atoms with E-state index in [-0.39, 0.29) is 35.8 Å². The fraction of sp³-hybridized carbons (Fsp3) is 0.438. The number of hydrogen-bond acceptors (Lipinski definition) is 5. The Morgan fingerprint density at radius 2 is 1.76 bits per heavy atom. The molecule has 2 aromatic rings. The SMILES string of the molecule is CCOC(=O)c1cccc(N2CCC(=[N+]3N=CC(C(=O)N4CCC(c5ccccc5C(F)(F)F)C4)=C3C3CC3)CC2)c1. The summed E-state index contributed by atoms with van der Waals surface area (Å²) in [6, 6.07) is 13.2. The van der Waals surface area contributed by atoms with Crippen LogP contribution >= 0.6 is 0 Å². The Bertz CT molecular complexity index is 1480. The normalized spacial score (nSPS) is 21.0. The van der Waals surface area contributed by atoms with Gasteiger partial charge in [-0.05, 0) is 61.1 Å². The van der Waals surface area contributed by atoms with Crippen molar-refractivity contribution in [1.82, 2.24) is 4.90 Å². The van der Waals surface area contributed by atoms with Crippen molar-refractivity contribution >= 4 is 29.5 Å². The number of likely N-dealkylation sites (tertiary alicyclic amines) is 1. The van der Waals surface area contributed by atoms with Crippen LogP contribution < -0.4 is 4.90 Å². The lowest BCUT2D eigenvalue weighted by atomic mass is 9.93. The highest BCUT2D eigenvalue weighted by Gasteiger charge is 2.46. The number of halogens is 3. The first-order valence-corrected chi connectivity index (χ1v) is 14.6. The summed E-state index contributed by atoms with van der Waals surface area (Å²) in [5.74, 6) is -0.570. The number of rotatable bonds is 6. The van der Waals surface area contributed by atoms with Crippen molar-refractivity contribution in [3.8, 4) is 0 Å². The van der Waals surface area contributed by atoms with E-state index in [1.165, 1.54) is 12.1 Å². The molecule has 0 aromatic heterocycles. The van der Waals surface area contributed by atoms with Crippen molar-refractivity contribution in [3.05, 3.63) is 76.5 Å². The molecule has 1 saturated carbocycles. The molecule has 10 heteroatoms. The van der Waals surface area contributed by atoms with E-state index in [1.54, 1.807) is 30.2 Å². The standard InChI is InChI=1S/C32H34F3N4O3/c1-2-42-31(41)22-6-5-7-25(18-22)37-16-13-24(14-17-37)39-29(21-10-11-21)27(19-36-39)30(40)38-15-12-23(20-38)26-8-3-4-9-28(26)32(33,34)35/h3-9,18-19,21,23H,2,10-17,20H2,1H3/q+1. The van der Waals surface area contributed by atoms with Crippen molar-refractivity contribution < 1.29 is 32.2 Å². The highest BCUT2D eigenvalue weighted by molar-refractivity contribution is 6.13. The number of carbonyl (C=O) groups is 2. The number of nitrogens with zero attached hydrogens (tertiary/aromatic N) is 4. The molecule has 0 spiro atoms. The molecule has 3 heterocycles. The number of ether oxygens (including phenoxy) is 1. The summed E-state index contributed by atoms with van der Waals surface area (Å²) in [6.07, 6.45) is 1.23. The number of piperidine rings is 1. The summed E-state index contributed by atoms with van der Waals surface area (Å²) >= 11 is 0. The molecule has 3 fully saturated rings. The van der Waals surface area contributed by atoms with Crippen LogP contribution in [0.1, 0.15) is 66.4 Å². The van der Waals surface area contributed by atoms with E-state index in [0.717, 1.165) is 61.9 Å². The summed E-state index contributed by atoms with van der Waals surface area (Å²) in [5, 5.41) is 4.68. The van der Waals surface area contributed by atoms with Crippen molar-refractivity contribution in [2.24, 2.45) is 11.0 Å². The van der Waals surface area contributed by atoms with Gasteiger partial charge in [-0.15, -0.1) is 0 Å². The Labute approximate surface area is 242 Å². The quantitative estimate of drug-likeness (QED) is 0.330. The van der Waals surface area contributed by atoms with Crippen molar-refractivity contribution in [2.75, 3.05) is 37.7 Å². The zero-order valence-electron chi connectivity index (χ0n) is 23.6. The second-order valence-electron chi connectivity index (χ2n) is 11.3. The minimum Gasteiger partial charge on any atom is -0.462 e. The zero-order valence-corrected chi connectivity index (χ0v) is 23.6. The van der Waals surface area contributed by atoms with Crippen molar-refractivity contribution in [3.63, 3.8) is 0 Å². The van der Waals surface area contributed by atoms with Gasteiger partial charge in [-0.25, -0.2) is 4.79 Å². The predicted molar refractivity (Wildman–Crippen MR) is 153 cm³/mol. The largest absolute Gasteiger partial charge is 0.462 e. The lowest BCUT2D eigenvalue weighted by Crippen LogP contribution is -2.37. The van der Waals surface area contributed by atoms with Gasteiger partial charge < -0.3 is 14.5 Å². The third-order valence-electron chi connectivity index (χ3n) is 8.54. The van der Waals surface area contributed by atoms with Crippen molar-refractivity contribution in [1.29, 1.82) is 0 Å². The monoisotopic (exact) mass is 579 g/mol. The number of anilines is 1. The van der Waals surface area contributed by atoms with Gasteiger partial charge in [-0.1, -0.05) is 28.9 Å². The van der Waals surface area contributed by atoms with Gasteiger partial charge in [0.15, 0.2) is 5.71 Å². The second kappa shape index (κ2) is 11.4. The van der Waals surface area contributed by atoms with E-state index < -0.39 is 11.7 Å². The average Bonchev–Trinajstić information content (AvgIpc) is 3.54. The molecule has 2 aromatic carbocycles. The third kappa shape index (κ3) is 5.58. The highest BCUT2D eigenvalue weighted by Crippen LogP contribution is 2.42. The van der Waals surface area contributed by atoms with Gasteiger partial charge in [-0.3, -0.25) is 4.79 Å². The van der Waals surface area contributed by atoms with Gasteiger partial charge >= 0.3 is 12.1 Å². The summed E-state index contributed by atoms with van der Waals surface area (Å²) in [7, 11) is 0. The molecule has 4 aliphatic rings. The fourth-order valence-electron chi connectivity index (χ4n) is 6.28. The summed E-state index contributed by atoms with van der Waals surface area (Å²) in [5.41, 5.74) is 3.79. The first-order chi connectivity index (χ1) is 20.2. The number of carbonyl (C=O) groups excluding carboxylic acids is 2. The smallest absolute Gasteiger partial charge is 0.416 e. The van der Waals surface area contributed by atoms with Crippen LogP contribution in [-0.2, 0) is 15.7 Å². The molecule has 7 nitrogen and oxygen atoms in total. The minimum absolute atomic E-state index is 0.149. The predicted octanol–water partition coefficient (Wildman–Crippen LogP) is 5.62. The first kappa shape index (κ1) is 28.2. The van der Waals surface area contributed by atoms with E-state index in [4.69, 9.17) is 4.74 Å². The van der Waals surface area contributed by atoms with Gasteiger partial charge in [0.2, 0.25) is 5.70 Å². The summed E-state index contributed by atoms with van der Waals surface area (Å²) < 4.78 is 48.0. The molecule has 1 atom stereocenters. The Morgan fingerprint density at radius 1 is 1.00 bits per heavy atom. The second-order valence-corrected chi connectivity index (χ2v) is 11.3. The maximum atomic E-state index is 13.7. The first-order valence-electron chi connectivity index (χ1n) is 14.6. The van der Waals surface area contributed by atoms with Crippen molar-refractivity contribution in [2.45, 2.75) is 51.1 Å². The molecule has 0 radical (unpaired) electrons. The number of amides is 1. The molecule has 6 rings (SSSR count). The van der Waals surface area contributed by atoms with Crippen LogP contribution in [0.15, 0.2) is 64.9 Å². The van der Waals surface area contributed by atoms with Gasteiger partial charge in [-0.2, -0.15) is 13.2 Å². The molecule has 0 N–H and O–H groups in total. The van der Waals surface area contributed by atoms with Gasteiger partial charge in [0, 0.05) is 56.5 Å². The number of benzene rings is 2. The molecule has 1 unspecified atom stereocenters. The fourth-order valence-corrected chi connectivity index (χ4v) is 6.28. The van der Waals surface area contributed by atoms with Gasteiger partial charge in [0.25, 0.3) is 5.91 Å². The molecular weight excluding hydrogens is 545 g/mol. The lowest BCUT2D eigenvalue weighted by Gasteiger charge is -2.28. The maximum Gasteiger partial charge on any atom is 0.416 e. The van der Waals surface area contributed by atoms with Crippen LogP contribution in [0.2, 0.25) is 0 Å². The minimum atomic E-state index is -4.43. The van der Waals surface area contributed by atoms with E-state index in [9.17, 15) is 22.8 Å². The van der Waals surface area contributed by atoms with Gasteiger partial charge in [0.1, 0.15) is 11.8 Å². The maximum absolute atomic E-state index is 13.7. The number of hydrogen-bond donors (Lipinski definition) is 0. The third-order valence-corrected chi connectivity index (χ3v) is 8.54. The zero-order chi connectivity index (χ0) is 29.4. The number of hydrazone groups is 1. The van der Waals surface area contributed by atoms with E-state index in [0.29, 0.717) is 30.7 Å². The van der Waals surface area contributed by atoms with Crippen LogP contribution in [-0.4, -0.2) is 66.2 Å². The van der Waals surface area contributed by atoms with E-state index in [1.807, 2.05) is 22.9 Å². The Balaban J connectivity index is 1.17. The van der Waals surface area contributed by atoms with Crippen LogP contribution in [0, 0.1) is 5.92 Å². The molecule has 0 bridgehead atoms. The highest BCUT2D eigenvalue weighted by atomic mass is 19.4. The number of allylic oxidation sites excluding steroid dienone is 1. The Kier molecular flexibility index (Phi) is 7.64. The number of esters is 1. The topological polar surface area (TPSA) is 65.2 Å². The van der Waals surface area contributed by atoms with Crippen LogP contribution in [0.4, 0.5) is 18.9 Å². The average molecular weight is 580 g/mol. The Hall–Kier alpha value is -3.95. The molecule has 2 saturated heterocycles. The summed E-state index contributed by atoms with van der Waals surface area (Å²) in [6.45, 7) is 4.29. The molecule has 220 valence electrons. The lowest BCUT2D eigenvalue weighted by molar-refractivity contribution is -0.485. The number of alkyl halides is 3.